The molecule has 2 amide bonds. The van der Waals surface area contributed by atoms with Crippen LogP contribution in [0.15, 0.2) is 18.2 Å². The lowest BCUT2D eigenvalue weighted by Crippen LogP contribution is -2.33. The van der Waals surface area contributed by atoms with Gasteiger partial charge in [0.2, 0.25) is 11.8 Å². The minimum absolute atomic E-state index is 0.0532. The molecule has 1 aromatic carbocycles. The number of rotatable bonds is 5. The average molecular weight is 337 g/mol. The predicted molar refractivity (Wildman–Crippen MR) is 88.4 cm³/mol. The predicted octanol–water partition coefficient (Wildman–Crippen LogP) is 2.52. The van der Waals surface area contributed by atoms with Crippen molar-refractivity contribution in [2.75, 3.05) is 18.5 Å². The van der Waals surface area contributed by atoms with Crippen LogP contribution in [0.5, 0.6) is 0 Å². The van der Waals surface area contributed by atoms with Crippen molar-refractivity contribution in [1.82, 2.24) is 5.32 Å². The zero-order valence-corrected chi connectivity index (χ0v) is 13.9. The van der Waals surface area contributed by atoms with Gasteiger partial charge in [-0.2, -0.15) is 0 Å². The first kappa shape index (κ1) is 16.3. The lowest BCUT2D eigenvalue weighted by Gasteiger charge is -2.10. The topological polar surface area (TPSA) is 67.4 Å². The second kappa shape index (κ2) is 6.89. The van der Waals surface area contributed by atoms with E-state index in [1.54, 1.807) is 6.07 Å². The Morgan fingerprint density at radius 2 is 2.09 bits per heavy atom. The summed E-state index contributed by atoms with van der Waals surface area (Å²) in [7, 11) is 0. The minimum atomic E-state index is -0.250. The van der Waals surface area contributed by atoms with E-state index < -0.39 is 0 Å². The molecule has 3 rings (SSSR count). The van der Waals surface area contributed by atoms with E-state index in [4.69, 9.17) is 16.3 Å². The SMILES string of the molecule is Cc1ccc(NC(=O)C2CC2C(=O)NCC2CCCO2)cc1Cl. The number of carbonyl (C=O) groups is 2. The molecule has 23 heavy (non-hydrogen) atoms. The van der Waals surface area contributed by atoms with Crippen LogP contribution in [0.2, 0.25) is 5.02 Å². The smallest absolute Gasteiger partial charge is 0.228 e. The molecule has 1 aromatic rings. The third-order valence-electron chi connectivity index (χ3n) is 4.43. The van der Waals surface area contributed by atoms with Gasteiger partial charge in [0, 0.05) is 23.9 Å². The van der Waals surface area contributed by atoms with Crippen LogP contribution in [0, 0.1) is 18.8 Å². The van der Waals surface area contributed by atoms with Gasteiger partial charge in [-0.05, 0) is 43.9 Å². The van der Waals surface area contributed by atoms with Gasteiger partial charge in [-0.15, -0.1) is 0 Å². The summed E-state index contributed by atoms with van der Waals surface area (Å²) in [6.45, 7) is 3.22. The van der Waals surface area contributed by atoms with Gasteiger partial charge in [0.05, 0.1) is 17.9 Å². The van der Waals surface area contributed by atoms with Crippen molar-refractivity contribution in [1.29, 1.82) is 0 Å². The largest absolute Gasteiger partial charge is 0.376 e. The molecule has 1 saturated carbocycles. The highest BCUT2D eigenvalue weighted by molar-refractivity contribution is 6.31. The highest BCUT2D eigenvalue weighted by atomic mass is 35.5. The number of ether oxygens (including phenoxy) is 1. The van der Waals surface area contributed by atoms with E-state index >= 15 is 0 Å². The van der Waals surface area contributed by atoms with Crippen molar-refractivity contribution in [2.45, 2.75) is 32.3 Å². The molecule has 1 aliphatic carbocycles. The Morgan fingerprint density at radius 1 is 1.30 bits per heavy atom. The molecule has 2 N–H and O–H groups in total. The molecule has 3 unspecified atom stereocenters. The number of carbonyl (C=O) groups excluding carboxylic acids is 2. The van der Waals surface area contributed by atoms with Gasteiger partial charge >= 0.3 is 0 Å². The van der Waals surface area contributed by atoms with E-state index in [9.17, 15) is 9.59 Å². The highest BCUT2D eigenvalue weighted by Crippen LogP contribution is 2.39. The number of benzene rings is 1. The van der Waals surface area contributed by atoms with Crippen LogP contribution in [0.4, 0.5) is 5.69 Å². The van der Waals surface area contributed by atoms with Crippen LogP contribution >= 0.6 is 11.6 Å². The van der Waals surface area contributed by atoms with E-state index in [2.05, 4.69) is 10.6 Å². The molecule has 1 aliphatic heterocycles. The van der Waals surface area contributed by atoms with Crippen LogP contribution in [0.3, 0.4) is 0 Å². The second-order valence-corrected chi connectivity index (χ2v) is 6.69. The molecule has 0 bridgehead atoms. The Morgan fingerprint density at radius 3 is 2.78 bits per heavy atom. The van der Waals surface area contributed by atoms with Crippen molar-refractivity contribution >= 4 is 29.1 Å². The van der Waals surface area contributed by atoms with E-state index in [1.807, 2.05) is 19.1 Å². The maximum absolute atomic E-state index is 12.2. The van der Waals surface area contributed by atoms with Crippen LogP contribution < -0.4 is 10.6 Å². The highest BCUT2D eigenvalue weighted by Gasteiger charge is 2.48. The number of halogens is 1. The fourth-order valence-corrected chi connectivity index (χ4v) is 3.01. The molecule has 0 spiro atoms. The molecule has 0 radical (unpaired) electrons. The average Bonchev–Trinajstić information content (AvgIpc) is 3.17. The summed E-state index contributed by atoms with van der Waals surface area (Å²) < 4.78 is 5.47. The van der Waals surface area contributed by atoms with Gasteiger partial charge in [0.15, 0.2) is 0 Å². The van der Waals surface area contributed by atoms with Gasteiger partial charge < -0.3 is 15.4 Å². The minimum Gasteiger partial charge on any atom is -0.376 e. The third-order valence-corrected chi connectivity index (χ3v) is 4.84. The summed E-state index contributed by atoms with van der Waals surface area (Å²) in [6, 6.07) is 5.40. The van der Waals surface area contributed by atoms with E-state index in [0.29, 0.717) is 23.7 Å². The summed E-state index contributed by atoms with van der Waals surface area (Å²) >= 11 is 6.05. The Hall–Kier alpha value is -1.59. The van der Waals surface area contributed by atoms with Gasteiger partial charge in [-0.1, -0.05) is 17.7 Å². The summed E-state index contributed by atoms with van der Waals surface area (Å²) in [5, 5.41) is 6.33. The van der Waals surface area contributed by atoms with Gasteiger partial charge in [0.25, 0.3) is 0 Å². The number of aryl methyl sites for hydroxylation is 1. The number of anilines is 1. The fourth-order valence-electron chi connectivity index (χ4n) is 2.83. The van der Waals surface area contributed by atoms with Crippen LogP contribution in [0.1, 0.15) is 24.8 Å². The summed E-state index contributed by atoms with van der Waals surface area (Å²) in [5.74, 6) is -0.651. The number of amides is 2. The standard InChI is InChI=1S/C17H21ClN2O3/c1-10-4-5-11(7-15(10)18)20-17(22)14-8-13(14)16(21)19-9-12-3-2-6-23-12/h4-5,7,12-14H,2-3,6,8-9H2,1H3,(H,19,21)(H,20,22). The lowest BCUT2D eigenvalue weighted by molar-refractivity contribution is -0.125. The zero-order valence-electron chi connectivity index (χ0n) is 13.1. The van der Waals surface area contributed by atoms with Crippen molar-refractivity contribution in [3.63, 3.8) is 0 Å². The Bertz CT molecular complexity index is 614. The van der Waals surface area contributed by atoms with Crippen LogP contribution in [0.25, 0.3) is 0 Å². The molecule has 1 saturated heterocycles. The van der Waals surface area contributed by atoms with Gasteiger partial charge in [0.1, 0.15) is 0 Å². The van der Waals surface area contributed by atoms with Crippen LogP contribution in [-0.4, -0.2) is 31.1 Å². The number of hydrogen-bond acceptors (Lipinski definition) is 3. The van der Waals surface area contributed by atoms with E-state index in [-0.39, 0.29) is 29.8 Å². The van der Waals surface area contributed by atoms with Crippen molar-refractivity contribution in [3.05, 3.63) is 28.8 Å². The van der Waals surface area contributed by atoms with Gasteiger partial charge in [-0.25, -0.2) is 0 Å². The molecule has 3 atom stereocenters. The number of nitrogens with one attached hydrogen (secondary N) is 2. The molecule has 2 aliphatic rings. The van der Waals surface area contributed by atoms with Gasteiger partial charge in [-0.3, -0.25) is 9.59 Å². The maximum atomic E-state index is 12.2. The molecule has 0 aromatic heterocycles. The Labute approximate surface area is 140 Å². The summed E-state index contributed by atoms with van der Waals surface area (Å²) in [6.07, 6.45) is 2.76. The van der Waals surface area contributed by atoms with Crippen molar-refractivity contribution in [3.8, 4) is 0 Å². The van der Waals surface area contributed by atoms with E-state index in [1.165, 1.54) is 0 Å². The summed E-state index contributed by atoms with van der Waals surface area (Å²) in [5.41, 5.74) is 1.62. The molecule has 124 valence electrons. The van der Waals surface area contributed by atoms with E-state index in [0.717, 1.165) is 25.0 Å². The molecule has 5 nitrogen and oxygen atoms in total. The molecule has 1 heterocycles. The lowest BCUT2D eigenvalue weighted by atomic mass is 10.2. The maximum Gasteiger partial charge on any atom is 0.228 e. The molecule has 6 heteroatoms. The zero-order chi connectivity index (χ0) is 16.4. The number of hydrogen-bond donors (Lipinski definition) is 2. The first-order valence-corrected chi connectivity index (χ1v) is 8.38. The fraction of sp³-hybridized carbons (Fsp3) is 0.529. The summed E-state index contributed by atoms with van der Waals surface area (Å²) in [4.78, 5) is 24.2. The second-order valence-electron chi connectivity index (χ2n) is 6.28. The normalized spacial score (nSPS) is 25.9. The molecule has 2 fully saturated rings. The third kappa shape index (κ3) is 4.03. The quantitative estimate of drug-likeness (QED) is 0.868. The van der Waals surface area contributed by atoms with Crippen molar-refractivity contribution in [2.24, 2.45) is 11.8 Å². The first-order chi connectivity index (χ1) is 11.0. The Balaban J connectivity index is 1.46. The first-order valence-electron chi connectivity index (χ1n) is 8.01. The molecular formula is C17H21ClN2O3. The van der Waals surface area contributed by atoms with Crippen molar-refractivity contribution < 1.29 is 14.3 Å². The molecular weight excluding hydrogens is 316 g/mol. The Kier molecular flexibility index (Phi) is 4.87. The van der Waals surface area contributed by atoms with Crippen LogP contribution in [-0.2, 0) is 14.3 Å². The monoisotopic (exact) mass is 336 g/mol.